The van der Waals surface area contributed by atoms with E-state index in [1.54, 1.807) is 51.1 Å². The molecule has 7 heteroatoms. The topological polar surface area (TPSA) is 101 Å². The number of nitrogens with two attached hydrogens (primary N) is 1. The normalized spacial score (nSPS) is 13.8. The number of hydrogen-bond donors (Lipinski definition) is 3. The van der Waals surface area contributed by atoms with E-state index in [-0.39, 0.29) is 11.7 Å². The van der Waals surface area contributed by atoms with Crippen LogP contribution in [0.1, 0.15) is 25.0 Å². The third-order valence-electron chi connectivity index (χ3n) is 3.97. The van der Waals surface area contributed by atoms with Gasteiger partial charge < -0.3 is 11.1 Å². The van der Waals surface area contributed by atoms with Crippen LogP contribution in [0.2, 0.25) is 0 Å². The lowest BCUT2D eigenvalue weighted by Gasteiger charge is -2.24. The van der Waals surface area contributed by atoms with Crippen molar-refractivity contribution in [3.8, 4) is 0 Å². The molecule has 2 aromatic carbocycles. The molecule has 0 aromatic heterocycles. The first-order valence-corrected chi connectivity index (χ1v) is 9.58. The third kappa shape index (κ3) is 4.58. The minimum absolute atomic E-state index is 0.00642. The van der Waals surface area contributed by atoms with Crippen LogP contribution in [-0.4, -0.2) is 20.1 Å². The molecule has 0 saturated heterocycles. The number of amides is 1. The Kier molecular flexibility index (Phi) is 5.49. The van der Waals surface area contributed by atoms with Crippen molar-refractivity contribution in [2.75, 3.05) is 15.8 Å². The summed E-state index contributed by atoms with van der Waals surface area (Å²) in [5, 5.41) is 2.78. The number of sulfonamides is 1. The molecule has 1 atom stereocenters. The van der Waals surface area contributed by atoms with Crippen LogP contribution in [0.4, 0.5) is 11.4 Å². The molecule has 4 N–H and O–H groups in total. The van der Waals surface area contributed by atoms with Crippen molar-refractivity contribution in [3.05, 3.63) is 59.7 Å². The Balaban J connectivity index is 2.18. The van der Waals surface area contributed by atoms with Crippen molar-refractivity contribution in [2.45, 2.75) is 26.3 Å². The summed E-state index contributed by atoms with van der Waals surface area (Å²) in [5.74, 6) is -0.354. The molecule has 0 aliphatic rings. The lowest BCUT2D eigenvalue weighted by atomic mass is 9.92. The summed E-state index contributed by atoms with van der Waals surface area (Å²) in [7, 11) is -3.35. The monoisotopic (exact) mass is 361 g/mol. The zero-order valence-corrected chi connectivity index (χ0v) is 15.4. The number of benzene rings is 2. The van der Waals surface area contributed by atoms with E-state index in [4.69, 9.17) is 5.73 Å². The molecule has 0 fully saturated rings. The lowest BCUT2D eigenvalue weighted by Crippen LogP contribution is -2.45. The van der Waals surface area contributed by atoms with Crippen molar-refractivity contribution >= 4 is 27.3 Å². The summed E-state index contributed by atoms with van der Waals surface area (Å²) in [6, 6.07) is 14.1. The first-order chi connectivity index (χ1) is 11.7. The highest BCUT2D eigenvalue weighted by Gasteiger charge is 2.30. The van der Waals surface area contributed by atoms with Crippen LogP contribution < -0.4 is 15.8 Å². The molecular formula is C18H23N3O3S. The number of aryl methyl sites for hydroxylation is 1. The molecule has 0 radical (unpaired) electrons. The standard InChI is InChI=1S/C18H23N3O3S/c1-4-25(23,24)21-16-11-10-15(12-13(16)2)20-17(22)18(3,19)14-8-6-5-7-9-14/h5-12,21H,4,19H2,1-3H3,(H,20,22). The van der Waals surface area contributed by atoms with Crippen LogP contribution in [0.25, 0.3) is 0 Å². The van der Waals surface area contributed by atoms with Crippen molar-refractivity contribution in [1.82, 2.24) is 0 Å². The molecule has 2 aromatic rings. The fraction of sp³-hybridized carbons (Fsp3) is 0.278. The van der Waals surface area contributed by atoms with Crippen molar-refractivity contribution < 1.29 is 13.2 Å². The van der Waals surface area contributed by atoms with Crippen molar-refractivity contribution in [1.29, 1.82) is 0 Å². The van der Waals surface area contributed by atoms with Gasteiger partial charge in [-0.15, -0.1) is 0 Å². The van der Waals surface area contributed by atoms with Crippen LogP contribution in [-0.2, 0) is 20.4 Å². The molecule has 6 nitrogen and oxygen atoms in total. The second-order valence-electron chi connectivity index (χ2n) is 6.06. The van der Waals surface area contributed by atoms with Gasteiger partial charge in [-0.25, -0.2) is 8.42 Å². The number of carbonyl (C=O) groups is 1. The SMILES string of the molecule is CCS(=O)(=O)Nc1ccc(NC(=O)C(C)(N)c2ccccc2)cc1C. The molecule has 0 aliphatic heterocycles. The van der Waals surface area contributed by atoms with E-state index in [2.05, 4.69) is 10.0 Å². The second kappa shape index (κ2) is 7.25. The van der Waals surface area contributed by atoms with E-state index < -0.39 is 15.6 Å². The van der Waals surface area contributed by atoms with Crippen LogP contribution in [0, 0.1) is 6.92 Å². The van der Waals surface area contributed by atoms with Gasteiger partial charge in [-0.3, -0.25) is 9.52 Å². The predicted molar refractivity (Wildman–Crippen MR) is 101 cm³/mol. The number of rotatable bonds is 6. The van der Waals surface area contributed by atoms with E-state index in [0.717, 1.165) is 0 Å². The van der Waals surface area contributed by atoms with Crippen molar-refractivity contribution in [2.24, 2.45) is 5.73 Å². The second-order valence-corrected chi connectivity index (χ2v) is 8.07. The van der Waals surface area contributed by atoms with Gasteiger partial charge in [0.2, 0.25) is 15.9 Å². The van der Waals surface area contributed by atoms with E-state index in [1.165, 1.54) is 0 Å². The summed E-state index contributed by atoms with van der Waals surface area (Å²) < 4.78 is 25.9. The van der Waals surface area contributed by atoms with Gasteiger partial charge in [0, 0.05) is 5.69 Å². The van der Waals surface area contributed by atoms with Gasteiger partial charge in [0.25, 0.3) is 0 Å². The summed E-state index contributed by atoms with van der Waals surface area (Å²) in [4.78, 5) is 12.6. The molecule has 0 heterocycles. The molecule has 0 saturated carbocycles. The minimum Gasteiger partial charge on any atom is -0.324 e. The maximum atomic E-state index is 12.6. The summed E-state index contributed by atoms with van der Waals surface area (Å²) in [6.45, 7) is 4.98. The van der Waals surface area contributed by atoms with Crippen LogP contribution in [0.15, 0.2) is 48.5 Å². The molecule has 1 amide bonds. The summed E-state index contributed by atoms with van der Waals surface area (Å²) >= 11 is 0. The highest BCUT2D eigenvalue weighted by atomic mass is 32.2. The largest absolute Gasteiger partial charge is 0.324 e. The number of anilines is 2. The Labute approximate surface area is 148 Å². The first kappa shape index (κ1) is 19.0. The molecule has 0 spiro atoms. The smallest absolute Gasteiger partial charge is 0.248 e. The quantitative estimate of drug-likeness (QED) is 0.736. The Morgan fingerprint density at radius 3 is 2.36 bits per heavy atom. The summed E-state index contributed by atoms with van der Waals surface area (Å²) in [6.07, 6.45) is 0. The Morgan fingerprint density at radius 2 is 1.80 bits per heavy atom. The predicted octanol–water partition coefficient (Wildman–Crippen LogP) is 2.57. The molecular weight excluding hydrogens is 338 g/mol. The first-order valence-electron chi connectivity index (χ1n) is 7.92. The fourth-order valence-corrected chi connectivity index (χ4v) is 2.98. The molecule has 1 unspecified atom stereocenters. The average Bonchev–Trinajstić information content (AvgIpc) is 2.58. The lowest BCUT2D eigenvalue weighted by molar-refractivity contribution is -0.120. The molecule has 25 heavy (non-hydrogen) atoms. The van der Waals surface area contributed by atoms with E-state index in [0.29, 0.717) is 22.5 Å². The Morgan fingerprint density at radius 1 is 1.16 bits per heavy atom. The molecule has 0 aliphatic carbocycles. The van der Waals surface area contributed by atoms with E-state index in [9.17, 15) is 13.2 Å². The zero-order chi connectivity index (χ0) is 18.7. The highest BCUT2D eigenvalue weighted by Crippen LogP contribution is 2.24. The Hall–Kier alpha value is -2.38. The molecule has 0 bridgehead atoms. The van der Waals surface area contributed by atoms with Crippen LogP contribution in [0.5, 0.6) is 0 Å². The highest BCUT2D eigenvalue weighted by molar-refractivity contribution is 7.92. The van der Waals surface area contributed by atoms with Gasteiger partial charge >= 0.3 is 0 Å². The molecule has 134 valence electrons. The third-order valence-corrected chi connectivity index (χ3v) is 5.27. The molecule has 2 rings (SSSR count). The number of nitrogens with one attached hydrogen (secondary N) is 2. The van der Waals surface area contributed by atoms with E-state index >= 15 is 0 Å². The van der Waals surface area contributed by atoms with E-state index in [1.807, 2.05) is 18.2 Å². The maximum absolute atomic E-state index is 12.6. The van der Waals surface area contributed by atoms with Gasteiger partial charge in [0.1, 0.15) is 5.54 Å². The van der Waals surface area contributed by atoms with Gasteiger partial charge in [-0.2, -0.15) is 0 Å². The fourth-order valence-electron chi connectivity index (χ4n) is 2.27. The average molecular weight is 361 g/mol. The van der Waals surface area contributed by atoms with Gasteiger partial charge in [-0.05, 0) is 50.1 Å². The zero-order valence-electron chi connectivity index (χ0n) is 14.5. The minimum atomic E-state index is -3.35. The maximum Gasteiger partial charge on any atom is 0.248 e. The van der Waals surface area contributed by atoms with Gasteiger partial charge in [-0.1, -0.05) is 30.3 Å². The Bertz CT molecular complexity index is 862. The summed E-state index contributed by atoms with van der Waals surface area (Å²) in [5.41, 5.74) is 7.45. The van der Waals surface area contributed by atoms with Gasteiger partial charge in [0.15, 0.2) is 0 Å². The van der Waals surface area contributed by atoms with Gasteiger partial charge in [0.05, 0.1) is 11.4 Å². The van der Waals surface area contributed by atoms with Crippen molar-refractivity contribution in [3.63, 3.8) is 0 Å². The number of carbonyl (C=O) groups excluding carboxylic acids is 1. The van der Waals surface area contributed by atoms with Crippen LogP contribution in [0.3, 0.4) is 0 Å². The number of hydrogen-bond acceptors (Lipinski definition) is 4. The van der Waals surface area contributed by atoms with Crippen LogP contribution >= 0.6 is 0 Å².